The minimum atomic E-state index is -0.153. The van der Waals surface area contributed by atoms with Gasteiger partial charge in [-0.15, -0.1) is 0 Å². The van der Waals surface area contributed by atoms with Crippen molar-refractivity contribution >= 4 is 5.69 Å². The van der Waals surface area contributed by atoms with Crippen LogP contribution in [-0.4, -0.2) is 44.1 Å². The molecule has 2 aliphatic rings. The summed E-state index contributed by atoms with van der Waals surface area (Å²) < 4.78 is 19.6. The second-order valence-electron chi connectivity index (χ2n) is 6.70. The molecule has 0 spiro atoms. The SMILES string of the molecule is OC1CCCC(CNCc2ccc(N3CCOCC3)c(F)c2)C1. The van der Waals surface area contributed by atoms with Gasteiger partial charge in [-0.05, 0) is 49.4 Å². The number of aliphatic hydroxyl groups excluding tert-OH is 1. The molecule has 1 aromatic rings. The standard InChI is InChI=1S/C18H27FN2O2/c19-17-11-15(4-5-18(17)21-6-8-23-9-7-21)13-20-12-14-2-1-3-16(22)10-14/h4-5,11,14,16,20,22H,1-3,6-10,12-13H2. The Bertz CT molecular complexity index is 506. The van der Waals surface area contributed by atoms with E-state index in [4.69, 9.17) is 4.74 Å². The van der Waals surface area contributed by atoms with Gasteiger partial charge in [0.1, 0.15) is 5.82 Å². The minimum absolute atomic E-state index is 0.138. The van der Waals surface area contributed by atoms with Gasteiger partial charge >= 0.3 is 0 Å². The first-order valence-corrected chi connectivity index (χ1v) is 8.72. The molecule has 1 saturated heterocycles. The number of hydrogen-bond donors (Lipinski definition) is 2. The summed E-state index contributed by atoms with van der Waals surface area (Å²) in [4.78, 5) is 2.04. The lowest BCUT2D eigenvalue weighted by molar-refractivity contribution is 0.101. The van der Waals surface area contributed by atoms with E-state index in [1.165, 1.54) is 6.42 Å². The largest absolute Gasteiger partial charge is 0.393 e. The van der Waals surface area contributed by atoms with Gasteiger partial charge < -0.3 is 20.1 Å². The van der Waals surface area contributed by atoms with Crippen LogP contribution in [0.25, 0.3) is 0 Å². The Labute approximate surface area is 137 Å². The van der Waals surface area contributed by atoms with E-state index in [1.807, 2.05) is 17.0 Å². The number of benzene rings is 1. The van der Waals surface area contributed by atoms with E-state index in [0.29, 0.717) is 31.4 Å². The lowest BCUT2D eigenvalue weighted by Crippen LogP contribution is -2.36. The number of aliphatic hydroxyl groups is 1. The van der Waals surface area contributed by atoms with Gasteiger partial charge in [-0.3, -0.25) is 0 Å². The van der Waals surface area contributed by atoms with Crippen LogP contribution >= 0.6 is 0 Å². The van der Waals surface area contributed by atoms with Crippen LogP contribution in [-0.2, 0) is 11.3 Å². The smallest absolute Gasteiger partial charge is 0.146 e. The van der Waals surface area contributed by atoms with E-state index in [0.717, 1.165) is 44.5 Å². The van der Waals surface area contributed by atoms with Crippen molar-refractivity contribution in [2.45, 2.75) is 38.3 Å². The van der Waals surface area contributed by atoms with Crippen molar-refractivity contribution < 1.29 is 14.2 Å². The zero-order valence-electron chi connectivity index (χ0n) is 13.6. The Hall–Kier alpha value is -1.17. The van der Waals surface area contributed by atoms with Crippen LogP contribution in [0.2, 0.25) is 0 Å². The third-order valence-electron chi connectivity index (χ3n) is 4.88. The van der Waals surface area contributed by atoms with Crippen LogP contribution in [0.1, 0.15) is 31.2 Å². The zero-order chi connectivity index (χ0) is 16.1. The quantitative estimate of drug-likeness (QED) is 0.873. The van der Waals surface area contributed by atoms with Gasteiger partial charge in [0.05, 0.1) is 25.0 Å². The van der Waals surface area contributed by atoms with Gasteiger partial charge in [-0.2, -0.15) is 0 Å². The van der Waals surface area contributed by atoms with Crippen LogP contribution in [0.15, 0.2) is 18.2 Å². The molecule has 23 heavy (non-hydrogen) atoms. The average molecular weight is 322 g/mol. The lowest BCUT2D eigenvalue weighted by Gasteiger charge is -2.29. The van der Waals surface area contributed by atoms with Gasteiger partial charge in [0.25, 0.3) is 0 Å². The summed E-state index contributed by atoms with van der Waals surface area (Å²) in [6.45, 7) is 4.39. The molecule has 4 nitrogen and oxygen atoms in total. The van der Waals surface area contributed by atoms with Gasteiger partial charge in [0, 0.05) is 19.6 Å². The van der Waals surface area contributed by atoms with Crippen molar-refractivity contribution in [2.24, 2.45) is 5.92 Å². The van der Waals surface area contributed by atoms with E-state index >= 15 is 0 Å². The van der Waals surface area contributed by atoms with Crippen molar-refractivity contribution in [1.82, 2.24) is 5.32 Å². The molecule has 2 fully saturated rings. The molecule has 1 heterocycles. The predicted molar refractivity (Wildman–Crippen MR) is 89.1 cm³/mol. The van der Waals surface area contributed by atoms with E-state index in [9.17, 15) is 9.50 Å². The molecular weight excluding hydrogens is 295 g/mol. The number of nitrogens with one attached hydrogen (secondary N) is 1. The van der Waals surface area contributed by atoms with Crippen molar-refractivity contribution in [2.75, 3.05) is 37.7 Å². The highest BCUT2D eigenvalue weighted by atomic mass is 19.1. The van der Waals surface area contributed by atoms with Gasteiger partial charge in [0.2, 0.25) is 0 Å². The fourth-order valence-corrected chi connectivity index (χ4v) is 3.59. The molecule has 3 rings (SSSR count). The number of morpholine rings is 1. The second-order valence-corrected chi connectivity index (χ2v) is 6.70. The van der Waals surface area contributed by atoms with Gasteiger partial charge in [-0.1, -0.05) is 12.5 Å². The minimum Gasteiger partial charge on any atom is -0.393 e. The molecule has 1 saturated carbocycles. The summed E-state index contributed by atoms with van der Waals surface area (Å²) in [7, 11) is 0. The molecule has 1 aliphatic heterocycles. The maximum atomic E-state index is 14.3. The molecule has 0 radical (unpaired) electrons. The predicted octanol–water partition coefficient (Wildman–Crippen LogP) is 2.30. The van der Waals surface area contributed by atoms with Gasteiger partial charge in [-0.25, -0.2) is 4.39 Å². The lowest BCUT2D eigenvalue weighted by atomic mass is 9.87. The van der Waals surface area contributed by atoms with E-state index in [1.54, 1.807) is 6.07 Å². The maximum Gasteiger partial charge on any atom is 0.146 e. The summed E-state index contributed by atoms with van der Waals surface area (Å²) >= 11 is 0. The van der Waals surface area contributed by atoms with Crippen LogP contribution in [0.3, 0.4) is 0 Å². The number of ether oxygens (including phenoxy) is 1. The highest BCUT2D eigenvalue weighted by Crippen LogP contribution is 2.24. The topological polar surface area (TPSA) is 44.7 Å². The maximum absolute atomic E-state index is 14.3. The summed E-state index contributed by atoms with van der Waals surface area (Å²) in [5.74, 6) is 0.385. The molecule has 128 valence electrons. The summed E-state index contributed by atoms with van der Waals surface area (Å²) in [5.41, 5.74) is 1.64. The third kappa shape index (κ3) is 4.66. The first kappa shape index (κ1) is 16.7. The van der Waals surface area contributed by atoms with Gasteiger partial charge in [0.15, 0.2) is 0 Å². The first-order chi connectivity index (χ1) is 11.2. The summed E-state index contributed by atoms with van der Waals surface area (Å²) in [6.07, 6.45) is 3.97. The fraction of sp³-hybridized carbons (Fsp3) is 0.667. The first-order valence-electron chi connectivity index (χ1n) is 8.72. The highest BCUT2D eigenvalue weighted by molar-refractivity contribution is 5.49. The highest BCUT2D eigenvalue weighted by Gasteiger charge is 2.19. The summed E-state index contributed by atoms with van der Waals surface area (Å²) in [5, 5.41) is 13.1. The summed E-state index contributed by atoms with van der Waals surface area (Å²) in [6, 6.07) is 5.51. The van der Waals surface area contributed by atoms with Crippen molar-refractivity contribution in [3.8, 4) is 0 Å². The van der Waals surface area contributed by atoms with Crippen molar-refractivity contribution in [1.29, 1.82) is 0 Å². The molecule has 5 heteroatoms. The Balaban J connectivity index is 1.49. The number of hydrogen-bond acceptors (Lipinski definition) is 4. The van der Waals surface area contributed by atoms with Crippen LogP contribution < -0.4 is 10.2 Å². The molecule has 2 unspecified atom stereocenters. The number of nitrogens with zero attached hydrogens (tertiary/aromatic N) is 1. The van der Waals surface area contributed by atoms with Crippen molar-refractivity contribution in [3.63, 3.8) is 0 Å². The van der Waals surface area contributed by atoms with Crippen LogP contribution in [0.4, 0.5) is 10.1 Å². The van der Waals surface area contributed by atoms with E-state index in [-0.39, 0.29) is 11.9 Å². The average Bonchev–Trinajstić information content (AvgIpc) is 2.56. The fourth-order valence-electron chi connectivity index (χ4n) is 3.59. The van der Waals surface area contributed by atoms with Crippen LogP contribution in [0.5, 0.6) is 0 Å². The van der Waals surface area contributed by atoms with E-state index < -0.39 is 0 Å². The Morgan fingerprint density at radius 1 is 1.26 bits per heavy atom. The molecule has 2 N–H and O–H groups in total. The Morgan fingerprint density at radius 3 is 2.83 bits per heavy atom. The van der Waals surface area contributed by atoms with Crippen LogP contribution in [0, 0.1) is 11.7 Å². The molecule has 0 aromatic heterocycles. The number of halogens is 1. The second kappa shape index (κ2) is 8.08. The number of rotatable bonds is 5. The molecule has 1 aliphatic carbocycles. The number of anilines is 1. The van der Waals surface area contributed by atoms with E-state index in [2.05, 4.69) is 5.32 Å². The monoisotopic (exact) mass is 322 g/mol. The molecule has 2 atom stereocenters. The molecular formula is C18H27FN2O2. The third-order valence-corrected chi connectivity index (χ3v) is 4.88. The van der Waals surface area contributed by atoms with Crippen molar-refractivity contribution in [3.05, 3.63) is 29.6 Å². The molecule has 1 aromatic carbocycles. The molecule has 0 amide bonds. The normalized spacial score (nSPS) is 25.6. The molecule has 0 bridgehead atoms. The Kier molecular flexibility index (Phi) is 5.86. The zero-order valence-corrected chi connectivity index (χ0v) is 13.6. The Morgan fingerprint density at radius 2 is 2.09 bits per heavy atom.